The van der Waals surface area contributed by atoms with E-state index in [0.29, 0.717) is 0 Å². The van der Waals surface area contributed by atoms with Crippen molar-refractivity contribution in [2.45, 2.75) is 6.43 Å². The maximum Gasteiger partial charge on any atom is 0.266 e. The number of hydrogen-bond donors (Lipinski definition) is 0. The van der Waals surface area contributed by atoms with E-state index in [1.807, 2.05) is 0 Å². The van der Waals surface area contributed by atoms with Crippen molar-refractivity contribution in [3.8, 4) is 11.1 Å². The molecule has 0 nitrogen and oxygen atoms in total. The van der Waals surface area contributed by atoms with Crippen molar-refractivity contribution < 1.29 is 13.2 Å². The van der Waals surface area contributed by atoms with Crippen LogP contribution in [-0.4, -0.2) is 0 Å². The van der Waals surface area contributed by atoms with Gasteiger partial charge in [-0.2, -0.15) is 0 Å². The van der Waals surface area contributed by atoms with Gasteiger partial charge in [0.2, 0.25) is 0 Å². The van der Waals surface area contributed by atoms with Crippen molar-refractivity contribution >= 4 is 34.8 Å². The largest absolute Gasteiger partial charge is 0.266 e. The lowest BCUT2D eigenvalue weighted by Crippen LogP contribution is -1.94. The highest BCUT2D eigenvalue weighted by molar-refractivity contribution is 6.44. The minimum atomic E-state index is -2.90. The SMILES string of the molecule is Fc1c(-c2cc(Cl)c(Cl)cc2Cl)cccc1C(F)F. The van der Waals surface area contributed by atoms with E-state index in [1.165, 1.54) is 24.3 Å². The van der Waals surface area contributed by atoms with Crippen LogP contribution < -0.4 is 0 Å². The molecule has 0 N–H and O–H groups in total. The maximum atomic E-state index is 14.0. The molecule has 0 aliphatic carbocycles. The Kier molecular flexibility index (Phi) is 4.29. The zero-order valence-electron chi connectivity index (χ0n) is 9.23. The zero-order valence-corrected chi connectivity index (χ0v) is 11.5. The van der Waals surface area contributed by atoms with Crippen LogP contribution >= 0.6 is 34.8 Å². The van der Waals surface area contributed by atoms with Crippen LogP contribution in [0.2, 0.25) is 15.1 Å². The van der Waals surface area contributed by atoms with E-state index in [0.717, 1.165) is 6.07 Å². The second kappa shape index (κ2) is 5.61. The number of alkyl halides is 2. The third kappa shape index (κ3) is 2.83. The molecule has 0 aliphatic rings. The van der Waals surface area contributed by atoms with Gasteiger partial charge in [0.25, 0.3) is 6.43 Å². The Hall–Kier alpha value is -0.900. The van der Waals surface area contributed by atoms with Gasteiger partial charge >= 0.3 is 0 Å². The number of rotatable bonds is 2. The molecule has 0 atom stereocenters. The van der Waals surface area contributed by atoms with Crippen LogP contribution in [0.1, 0.15) is 12.0 Å². The summed E-state index contributed by atoms with van der Waals surface area (Å²) in [6.07, 6.45) is -2.90. The molecule has 6 heteroatoms. The van der Waals surface area contributed by atoms with E-state index in [-0.39, 0.29) is 26.2 Å². The molecule has 0 amide bonds. The molecule has 0 aliphatic heterocycles. The summed E-state index contributed by atoms with van der Waals surface area (Å²) in [7, 11) is 0. The van der Waals surface area contributed by atoms with Crippen molar-refractivity contribution in [1.82, 2.24) is 0 Å². The molecule has 0 heterocycles. The van der Waals surface area contributed by atoms with Crippen LogP contribution in [0.15, 0.2) is 30.3 Å². The second-order valence-corrected chi connectivity index (χ2v) is 4.98. The molecule has 2 aromatic rings. The van der Waals surface area contributed by atoms with Gasteiger partial charge in [0, 0.05) is 11.1 Å². The minimum Gasteiger partial charge on any atom is -0.206 e. The van der Waals surface area contributed by atoms with Crippen molar-refractivity contribution in [3.05, 3.63) is 56.8 Å². The van der Waals surface area contributed by atoms with Gasteiger partial charge in [0.1, 0.15) is 5.82 Å². The van der Waals surface area contributed by atoms with E-state index in [4.69, 9.17) is 34.8 Å². The monoisotopic (exact) mass is 324 g/mol. The number of hydrogen-bond acceptors (Lipinski definition) is 0. The lowest BCUT2D eigenvalue weighted by molar-refractivity contribution is 0.146. The Morgan fingerprint density at radius 3 is 2.11 bits per heavy atom. The molecule has 0 radical (unpaired) electrons. The summed E-state index contributed by atoms with van der Waals surface area (Å²) >= 11 is 17.5. The number of halogens is 6. The van der Waals surface area contributed by atoms with E-state index in [2.05, 4.69) is 0 Å². The summed E-state index contributed by atoms with van der Waals surface area (Å²) in [6, 6.07) is 6.40. The molecule has 100 valence electrons. The normalized spacial score (nSPS) is 11.1. The first kappa shape index (κ1) is 14.5. The molecule has 0 saturated heterocycles. The fourth-order valence-electron chi connectivity index (χ4n) is 1.66. The van der Waals surface area contributed by atoms with Crippen molar-refractivity contribution in [2.75, 3.05) is 0 Å². The first-order valence-corrected chi connectivity index (χ1v) is 6.26. The summed E-state index contributed by atoms with van der Waals surface area (Å²) in [6.45, 7) is 0. The van der Waals surface area contributed by atoms with Gasteiger partial charge in [-0.15, -0.1) is 0 Å². The molecule has 0 saturated carbocycles. The molecule has 2 aromatic carbocycles. The maximum absolute atomic E-state index is 14.0. The van der Waals surface area contributed by atoms with Crippen molar-refractivity contribution in [3.63, 3.8) is 0 Å². The van der Waals surface area contributed by atoms with Gasteiger partial charge in [0.15, 0.2) is 0 Å². The topological polar surface area (TPSA) is 0 Å². The average molecular weight is 326 g/mol. The molecule has 0 fully saturated rings. The molecule has 0 aromatic heterocycles. The summed E-state index contributed by atoms with van der Waals surface area (Å²) in [4.78, 5) is 0. The standard InChI is InChI=1S/C13H6Cl3F3/c14-9-5-11(16)10(15)4-8(9)6-2-1-3-7(12(6)17)13(18)19/h1-5,13H. The smallest absolute Gasteiger partial charge is 0.206 e. The Bertz CT molecular complexity index is 627. The van der Waals surface area contributed by atoms with Crippen LogP contribution in [0.5, 0.6) is 0 Å². The Morgan fingerprint density at radius 2 is 1.47 bits per heavy atom. The first-order valence-electron chi connectivity index (χ1n) is 5.13. The second-order valence-electron chi connectivity index (χ2n) is 3.76. The summed E-state index contributed by atoms with van der Waals surface area (Å²) in [5, 5.41) is 0.517. The van der Waals surface area contributed by atoms with Gasteiger partial charge in [-0.25, -0.2) is 13.2 Å². The predicted molar refractivity (Wildman–Crippen MR) is 71.8 cm³/mol. The van der Waals surface area contributed by atoms with E-state index in [1.54, 1.807) is 0 Å². The van der Waals surface area contributed by atoms with Crippen LogP contribution in [-0.2, 0) is 0 Å². The first-order chi connectivity index (χ1) is 8.91. The van der Waals surface area contributed by atoms with Crippen LogP contribution in [0, 0.1) is 5.82 Å². The Balaban J connectivity index is 2.66. The van der Waals surface area contributed by atoms with Crippen LogP contribution in [0.4, 0.5) is 13.2 Å². The molecule has 19 heavy (non-hydrogen) atoms. The van der Waals surface area contributed by atoms with Crippen LogP contribution in [0.25, 0.3) is 11.1 Å². The Labute approximate surface area is 122 Å². The van der Waals surface area contributed by atoms with E-state index < -0.39 is 17.8 Å². The quantitative estimate of drug-likeness (QED) is 0.561. The fourth-order valence-corrected chi connectivity index (χ4v) is 2.30. The zero-order chi connectivity index (χ0) is 14.2. The minimum absolute atomic E-state index is 0.0404. The van der Waals surface area contributed by atoms with Crippen molar-refractivity contribution in [1.29, 1.82) is 0 Å². The summed E-state index contributed by atoms with van der Waals surface area (Å²) in [5.41, 5.74) is -0.503. The lowest BCUT2D eigenvalue weighted by atomic mass is 10.0. The molecule has 0 bridgehead atoms. The molecular weight excluding hydrogens is 319 g/mol. The number of benzene rings is 2. The molecule has 0 spiro atoms. The van der Waals surface area contributed by atoms with Crippen molar-refractivity contribution in [2.24, 2.45) is 0 Å². The highest BCUT2D eigenvalue weighted by atomic mass is 35.5. The third-order valence-electron chi connectivity index (χ3n) is 2.56. The van der Waals surface area contributed by atoms with Gasteiger partial charge in [0.05, 0.1) is 20.6 Å². The molecule has 2 rings (SSSR count). The predicted octanol–water partition coefficient (Wildman–Crippen LogP) is 6.39. The highest BCUT2D eigenvalue weighted by Gasteiger charge is 2.19. The van der Waals surface area contributed by atoms with Gasteiger partial charge in [-0.1, -0.05) is 53.0 Å². The van der Waals surface area contributed by atoms with E-state index >= 15 is 0 Å². The summed E-state index contributed by atoms with van der Waals surface area (Å²) < 4.78 is 39.3. The fraction of sp³-hybridized carbons (Fsp3) is 0.0769. The van der Waals surface area contributed by atoms with Gasteiger partial charge in [-0.05, 0) is 12.1 Å². The average Bonchev–Trinajstić information content (AvgIpc) is 2.34. The van der Waals surface area contributed by atoms with E-state index in [9.17, 15) is 13.2 Å². The van der Waals surface area contributed by atoms with Crippen LogP contribution in [0.3, 0.4) is 0 Å². The lowest BCUT2D eigenvalue weighted by Gasteiger charge is -2.10. The Morgan fingerprint density at radius 1 is 0.842 bits per heavy atom. The highest BCUT2D eigenvalue weighted by Crippen LogP contribution is 2.38. The molecular formula is C13H6Cl3F3. The molecule has 0 unspecified atom stereocenters. The van der Waals surface area contributed by atoms with Gasteiger partial charge in [-0.3, -0.25) is 0 Å². The third-order valence-corrected chi connectivity index (χ3v) is 3.60. The summed E-state index contributed by atoms with van der Waals surface area (Å²) in [5.74, 6) is -1.02. The van der Waals surface area contributed by atoms with Gasteiger partial charge < -0.3 is 0 Å².